The van der Waals surface area contributed by atoms with Crippen molar-refractivity contribution in [1.82, 2.24) is 30.1 Å². The van der Waals surface area contributed by atoms with Gasteiger partial charge in [0.1, 0.15) is 0 Å². The van der Waals surface area contributed by atoms with Crippen molar-refractivity contribution in [3.63, 3.8) is 0 Å². The van der Waals surface area contributed by atoms with Gasteiger partial charge in [-0.25, -0.2) is 23.1 Å². The molecule has 33 heavy (non-hydrogen) atoms. The molecule has 3 heterocycles. The number of alkyl halides is 2. The van der Waals surface area contributed by atoms with Gasteiger partial charge in [0.2, 0.25) is 11.8 Å². The van der Waals surface area contributed by atoms with Gasteiger partial charge in [-0.1, -0.05) is 0 Å². The summed E-state index contributed by atoms with van der Waals surface area (Å²) in [5, 5.41) is 9.81. The quantitative estimate of drug-likeness (QED) is 0.724. The molecule has 2 fully saturated rings. The van der Waals surface area contributed by atoms with Gasteiger partial charge in [-0.2, -0.15) is 5.10 Å². The number of nitrogens with one attached hydrogen (secondary N) is 2. The molecule has 2 aromatic heterocycles. The topological polar surface area (TPSA) is 91.6 Å². The van der Waals surface area contributed by atoms with Gasteiger partial charge in [-0.15, -0.1) is 0 Å². The highest BCUT2D eigenvalue weighted by atomic mass is 19.3. The van der Waals surface area contributed by atoms with E-state index in [2.05, 4.69) is 20.7 Å². The van der Waals surface area contributed by atoms with Crippen LogP contribution in [0.4, 0.5) is 13.6 Å². The van der Waals surface area contributed by atoms with Crippen molar-refractivity contribution >= 4 is 17.6 Å². The second-order valence-electron chi connectivity index (χ2n) is 9.12. The van der Waals surface area contributed by atoms with Gasteiger partial charge in [-0.05, 0) is 56.6 Å². The normalized spacial score (nSPS) is 21.1. The SMILES string of the molecule is CC1CCCN(Cc2cnn3cc(CC4CCC(F)(F)CC4)nc3c2)C(=O)N1.CNC(C)=O. The van der Waals surface area contributed by atoms with Crippen LogP contribution in [0.5, 0.6) is 0 Å². The average Bonchev–Trinajstić information content (AvgIpc) is 3.08. The van der Waals surface area contributed by atoms with Crippen LogP contribution in [0.15, 0.2) is 18.5 Å². The number of aromatic nitrogens is 3. The Hall–Kier alpha value is -2.78. The van der Waals surface area contributed by atoms with Crippen LogP contribution < -0.4 is 10.6 Å². The lowest BCUT2D eigenvalue weighted by Crippen LogP contribution is -2.40. The van der Waals surface area contributed by atoms with Crippen molar-refractivity contribution < 1.29 is 18.4 Å². The molecule has 0 spiro atoms. The maximum Gasteiger partial charge on any atom is 0.317 e. The smallest absolute Gasteiger partial charge is 0.317 e. The van der Waals surface area contributed by atoms with Crippen LogP contribution in [0, 0.1) is 5.92 Å². The number of nitrogens with zero attached hydrogens (tertiary/aromatic N) is 4. The minimum absolute atomic E-state index is 0.00463. The van der Waals surface area contributed by atoms with E-state index < -0.39 is 5.92 Å². The van der Waals surface area contributed by atoms with Gasteiger partial charge in [0.25, 0.3) is 0 Å². The molecule has 1 aliphatic heterocycles. The molecule has 1 atom stereocenters. The second-order valence-corrected chi connectivity index (χ2v) is 9.12. The van der Waals surface area contributed by atoms with Crippen LogP contribution in [0.3, 0.4) is 0 Å². The molecule has 1 saturated carbocycles. The van der Waals surface area contributed by atoms with E-state index in [1.807, 2.05) is 24.1 Å². The van der Waals surface area contributed by atoms with E-state index in [4.69, 9.17) is 0 Å². The summed E-state index contributed by atoms with van der Waals surface area (Å²) in [6, 6.07) is 2.11. The molecule has 1 aliphatic carbocycles. The summed E-state index contributed by atoms with van der Waals surface area (Å²) in [7, 11) is 1.60. The Morgan fingerprint density at radius 3 is 2.67 bits per heavy atom. The molecule has 1 unspecified atom stereocenters. The van der Waals surface area contributed by atoms with Crippen molar-refractivity contribution in [3.8, 4) is 0 Å². The maximum atomic E-state index is 13.3. The molecule has 0 bridgehead atoms. The van der Waals surface area contributed by atoms with Gasteiger partial charge in [-0.3, -0.25) is 4.79 Å². The van der Waals surface area contributed by atoms with Crippen molar-refractivity contribution in [2.24, 2.45) is 5.92 Å². The first-order valence-corrected chi connectivity index (χ1v) is 11.6. The van der Waals surface area contributed by atoms with Crippen LogP contribution in [-0.2, 0) is 17.8 Å². The number of halogens is 2. The predicted molar refractivity (Wildman–Crippen MR) is 121 cm³/mol. The summed E-state index contributed by atoms with van der Waals surface area (Å²) >= 11 is 0. The van der Waals surface area contributed by atoms with E-state index in [0.29, 0.717) is 25.8 Å². The summed E-state index contributed by atoms with van der Waals surface area (Å²) in [5.74, 6) is -2.24. The number of rotatable bonds is 4. The largest absolute Gasteiger partial charge is 0.359 e. The van der Waals surface area contributed by atoms with E-state index in [1.54, 1.807) is 17.8 Å². The van der Waals surface area contributed by atoms with Crippen molar-refractivity contribution in [3.05, 3.63) is 29.7 Å². The zero-order valence-electron chi connectivity index (χ0n) is 19.6. The van der Waals surface area contributed by atoms with E-state index in [0.717, 1.165) is 36.3 Å². The summed E-state index contributed by atoms with van der Waals surface area (Å²) < 4.78 is 28.4. The van der Waals surface area contributed by atoms with Gasteiger partial charge < -0.3 is 15.5 Å². The highest BCUT2D eigenvalue weighted by molar-refractivity contribution is 5.74. The third kappa shape index (κ3) is 7.36. The number of carbonyl (C=O) groups is 2. The van der Waals surface area contributed by atoms with Crippen LogP contribution in [0.25, 0.3) is 5.65 Å². The monoisotopic (exact) mass is 464 g/mol. The molecule has 4 rings (SSSR count). The lowest BCUT2D eigenvalue weighted by Gasteiger charge is -2.27. The first kappa shape index (κ1) is 24.9. The maximum absolute atomic E-state index is 13.3. The summed E-state index contributed by atoms with van der Waals surface area (Å²) in [4.78, 5) is 28.4. The zero-order chi connectivity index (χ0) is 24.0. The summed E-state index contributed by atoms with van der Waals surface area (Å²) in [5.41, 5.74) is 2.56. The molecule has 2 aromatic rings. The van der Waals surface area contributed by atoms with Gasteiger partial charge >= 0.3 is 6.03 Å². The molecule has 2 N–H and O–H groups in total. The van der Waals surface area contributed by atoms with Gasteiger partial charge in [0, 0.05) is 45.9 Å². The van der Waals surface area contributed by atoms with Crippen LogP contribution in [-0.4, -0.2) is 57.0 Å². The number of amides is 3. The molecule has 2 aliphatic rings. The molecule has 8 nitrogen and oxygen atoms in total. The summed E-state index contributed by atoms with van der Waals surface area (Å²) in [6.07, 6.45) is 7.35. The fraction of sp³-hybridized carbons (Fsp3) is 0.652. The number of hydrogen-bond acceptors (Lipinski definition) is 4. The third-order valence-electron chi connectivity index (χ3n) is 6.21. The minimum atomic E-state index is -2.50. The Morgan fingerprint density at radius 2 is 2.00 bits per heavy atom. The Kier molecular flexibility index (Phi) is 8.20. The Balaban J connectivity index is 0.000000555. The fourth-order valence-electron chi connectivity index (χ4n) is 4.18. The Labute approximate surface area is 193 Å². The molecule has 10 heteroatoms. The first-order chi connectivity index (χ1) is 15.6. The molecule has 1 saturated heterocycles. The number of fused-ring (bicyclic) bond motifs is 1. The number of carbonyl (C=O) groups excluding carboxylic acids is 2. The number of urea groups is 1. The van der Waals surface area contributed by atoms with E-state index in [1.165, 1.54) is 6.92 Å². The van der Waals surface area contributed by atoms with Crippen molar-refractivity contribution in [2.75, 3.05) is 13.6 Å². The average molecular weight is 465 g/mol. The van der Waals surface area contributed by atoms with Crippen molar-refractivity contribution in [1.29, 1.82) is 0 Å². The zero-order valence-corrected chi connectivity index (χ0v) is 19.6. The third-order valence-corrected chi connectivity index (χ3v) is 6.21. The fourth-order valence-corrected chi connectivity index (χ4v) is 4.18. The molecule has 182 valence electrons. The Morgan fingerprint density at radius 1 is 1.30 bits per heavy atom. The molecular weight excluding hydrogens is 430 g/mol. The highest BCUT2D eigenvalue weighted by Gasteiger charge is 2.35. The summed E-state index contributed by atoms with van der Waals surface area (Å²) in [6.45, 7) is 4.73. The molecule has 3 amide bonds. The number of imidazole rings is 1. The highest BCUT2D eigenvalue weighted by Crippen LogP contribution is 2.37. The standard InChI is InChI=1S/C20H27F2N5O.C3H7NO/c1-14-3-2-8-26(19(28)24-14)12-16-10-18-25-17(13-27(18)23-11-16)9-15-4-6-20(21,22)7-5-15;1-3(5)4-2/h10-11,13-15H,2-9,12H2,1H3,(H,24,28);1-2H3,(H,4,5). The van der Waals surface area contributed by atoms with E-state index >= 15 is 0 Å². The van der Waals surface area contributed by atoms with Crippen LogP contribution in [0.2, 0.25) is 0 Å². The second kappa shape index (κ2) is 10.9. The van der Waals surface area contributed by atoms with E-state index in [9.17, 15) is 18.4 Å². The van der Waals surface area contributed by atoms with E-state index in [-0.39, 0.29) is 36.7 Å². The molecular formula is C23H34F2N6O2. The van der Waals surface area contributed by atoms with Crippen molar-refractivity contribution in [2.45, 2.75) is 77.3 Å². The lowest BCUT2D eigenvalue weighted by atomic mass is 9.84. The molecule has 0 aromatic carbocycles. The first-order valence-electron chi connectivity index (χ1n) is 11.6. The van der Waals surface area contributed by atoms with Gasteiger partial charge in [0.15, 0.2) is 5.65 Å². The number of hydrogen-bond donors (Lipinski definition) is 2. The van der Waals surface area contributed by atoms with Crippen LogP contribution in [0.1, 0.15) is 63.6 Å². The Bertz CT molecular complexity index is 954. The lowest BCUT2D eigenvalue weighted by molar-refractivity contribution is -0.118. The van der Waals surface area contributed by atoms with Gasteiger partial charge in [0.05, 0.1) is 18.1 Å². The molecule has 0 radical (unpaired) electrons. The van der Waals surface area contributed by atoms with Crippen LogP contribution >= 0.6 is 0 Å². The predicted octanol–water partition coefficient (Wildman–Crippen LogP) is 3.54. The minimum Gasteiger partial charge on any atom is -0.359 e.